The van der Waals surface area contributed by atoms with Crippen molar-refractivity contribution in [1.82, 2.24) is 4.40 Å². The normalized spacial score (nSPS) is 10.8. The lowest BCUT2D eigenvalue weighted by Crippen LogP contribution is -2.24. The van der Waals surface area contributed by atoms with E-state index in [0.717, 1.165) is 10.9 Å². The third-order valence-electron chi connectivity index (χ3n) is 3.54. The van der Waals surface area contributed by atoms with Crippen LogP contribution in [0.2, 0.25) is 0 Å². The van der Waals surface area contributed by atoms with E-state index in [4.69, 9.17) is 9.47 Å². The summed E-state index contributed by atoms with van der Waals surface area (Å²) in [5.41, 5.74) is 0.368. The Morgan fingerprint density at radius 2 is 2.00 bits per heavy atom. The number of methoxy groups -OCH3 is 1. The van der Waals surface area contributed by atoms with Gasteiger partial charge in [0.2, 0.25) is 0 Å². The number of carbonyl (C=O) groups excluding carboxylic acids is 1. The van der Waals surface area contributed by atoms with Gasteiger partial charge in [-0.1, -0.05) is 6.07 Å². The number of hydrogen-bond acceptors (Lipinski definition) is 4. The highest BCUT2D eigenvalue weighted by Crippen LogP contribution is 2.26. The Morgan fingerprint density at radius 1 is 1.18 bits per heavy atom. The van der Waals surface area contributed by atoms with E-state index in [1.807, 2.05) is 18.2 Å². The van der Waals surface area contributed by atoms with Crippen molar-refractivity contribution in [3.05, 3.63) is 58.5 Å². The maximum Gasteiger partial charge on any atom is 0.344 e. The molecule has 0 fully saturated rings. The van der Waals surface area contributed by atoms with E-state index in [9.17, 15) is 9.59 Å². The molecule has 3 rings (SSSR count). The van der Waals surface area contributed by atoms with Gasteiger partial charge in [0.05, 0.1) is 19.2 Å². The van der Waals surface area contributed by atoms with Gasteiger partial charge in [-0.05, 0) is 37.3 Å². The number of carbonyl (C=O) groups is 1. The van der Waals surface area contributed by atoms with E-state index in [2.05, 4.69) is 0 Å². The fraction of sp³-hybridized carbons (Fsp3) is 0.176. The summed E-state index contributed by atoms with van der Waals surface area (Å²) in [6, 6.07) is 10.8. The van der Waals surface area contributed by atoms with Crippen molar-refractivity contribution in [2.75, 3.05) is 13.7 Å². The van der Waals surface area contributed by atoms with Crippen LogP contribution in [0.5, 0.6) is 5.75 Å². The molecule has 0 saturated heterocycles. The molecule has 0 saturated carbocycles. The Morgan fingerprint density at radius 3 is 2.73 bits per heavy atom. The number of ether oxygens (including phenoxy) is 2. The maximum atomic E-state index is 12.7. The Hall–Kier alpha value is -2.82. The number of esters is 1. The molecule has 0 spiro atoms. The van der Waals surface area contributed by atoms with Crippen LogP contribution in [0, 0.1) is 0 Å². The molecule has 0 N–H and O–H groups in total. The first-order valence-corrected chi connectivity index (χ1v) is 6.95. The summed E-state index contributed by atoms with van der Waals surface area (Å²) in [4.78, 5) is 24.9. The molecule has 0 aliphatic heterocycles. The van der Waals surface area contributed by atoms with Gasteiger partial charge in [-0.3, -0.25) is 9.20 Å². The first kappa shape index (κ1) is 14.1. The Kier molecular flexibility index (Phi) is 3.55. The third-order valence-corrected chi connectivity index (χ3v) is 3.54. The number of benzene rings is 1. The first-order chi connectivity index (χ1) is 10.7. The standard InChI is InChI=1S/C17H15NO4/c1-3-22-17(20)15-13-10-11(21-2)7-8-12(13)14-6-4-5-9-18(14)16(15)19/h4-10H,3H2,1-2H3. The van der Waals surface area contributed by atoms with Gasteiger partial charge in [0.25, 0.3) is 5.56 Å². The zero-order valence-electron chi connectivity index (χ0n) is 12.3. The van der Waals surface area contributed by atoms with Gasteiger partial charge in [0.15, 0.2) is 0 Å². The van der Waals surface area contributed by atoms with Crippen LogP contribution in [0.25, 0.3) is 16.3 Å². The molecule has 112 valence electrons. The van der Waals surface area contributed by atoms with E-state index < -0.39 is 11.5 Å². The van der Waals surface area contributed by atoms with E-state index in [0.29, 0.717) is 11.1 Å². The van der Waals surface area contributed by atoms with Crippen molar-refractivity contribution in [1.29, 1.82) is 0 Å². The number of aromatic nitrogens is 1. The molecule has 5 nitrogen and oxygen atoms in total. The second kappa shape index (κ2) is 5.52. The van der Waals surface area contributed by atoms with E-state index in [1.165, 1.54) is 4.40 Å². The summed E-state index contributed by atoms with van der Waals surface area (Å²) in [5, 5.41) is 1.33. The quantitative estimate of drug-likeness (QED) is 0.551. The molecule has 1 aromatic carbocycles. The summed E-state index contributed by atoms with van der Waals surface area (Å²) >= 11 is 0. The average molecular weight is 297 g/mol. The summed E-state index contributed by atoms with van der Waals surface area (Å²) < 4.78 is 11.7. The Labute approximate surface area is 126 Å². The molecular formula is C17H15NO4. The van der Waals surface area contributed by atoms with Gasteiger partial charge < -0.3 is 9.47 Å². The van der Waals surface area contributed by atoms with Crippen molar-refractivity contribution in [3.8, 4) is 5.75 Å². The van der Waals surface area contributed by atoms with E-state index >= 15 is 0 Å². The highest BCUT2D eigenvalue weighted by molar-refractivity contribution is 6.09. The number of nitrogens with zero attached hydrogens (tertiary/aromatic N) is 1. The topological polar surface area (TPSA) is 57.0 Å². The van der Waals surface area contributed by atoms with Crippen molar-refractivity contribution in [2.45, 2.75) is 6.92 Å². The van der Waals surface area contributed by atoms with Crippen LogP contribution in [0.15, 0.2) is 47.4 Å². The average Bonchev–Trinajstić information content (AvgIpc) is 2.55. The Bertz CT molecular complexity index is 927. The van der Waals surface area contributed by atoms with Crippen LogP contribution in [0.3, 0.4) is 0 Å². The summed E-state index contributed by atoms with van der Waals surface area (Å²) in [6.07, 6.45) is 1.64. The highest BCUT2D eigenvalue weighted by atomic mass is 16.5. The summed E-state index contributed by atoms with van der Waals surface area (Å²) in [7, 11) is 1.54. The predicted octanol–water partition coefficient (Wildman–Crippen LogP) is 2.64. The molecule has 5 heteroatoms. The highest BCUT2D eigenvalue weighted by Gasteiger charge is 2.19. The molecule has 0 radical (unpaired) electrons. The first-order valence-electron chi connectivity index (χ1n) is 6.95. The maximum absolute atomic E-state index is 12.7. The minimum Gasteiger partial charge on any atom is -0.497 e. The van der Waals surface area contributed by atoms with E-state index in [-0.39, 0.29) is 12.2 Å². The minimum atomic E-state index is -0.621. The molecule has 22 heavy (non-hydrogen) atoms. The number of fused-ring (bicyclic) bond motifs is 3. The van der Waals surface area contributed by atoms with Crippen molar-refractivity contribution < 1.29 is 14.3 Å². The zero-order valence-corrected chi connectivity index (χ0v) is 12.3. The number of hydrogen-bond donors (Lipinski definition) is 0. The second-order valence-corrected chi connectivity index (χ2v) is 4.77. The van der Waals surface area contributed by atoms with Gasteiger partial charge in [-0.15, -0.1) is 0 Å². The third kappa shape index (κ3) is 2.11. The molecule has 0 bridgehead atoms. The van der Waals surface area contributed by atoms with Crippen LogP contribution in [-0.4, -0.2) is 24.1 Å². The minimum absolute atomic E-state index is 0.0273. The van der Waals surface area contributed by atoms with Gasteiger partial charge in [-0.25, -0.2) is 4.79 Å². The summed E-state index contributed by atoms with van der Waals surface area (Å²) in [6.45, 7) is 1.92. The predicted molar refractivity (Wildman–Crippen MR) is 83.7 cm³/mol. The van der Waals surface area contributed by atoms with Crippen LogP contribution in [0.1, 0.15) is 17.3 Å². The molecule has 0 aliphatic rings. The lowest BCUT2D eigenvalue weighted by atomic mass is 10.0. The fourth-order valence-corrected chi connectivity index (χ4v) is 2.56. The fourth-order valence-electron chi connectivity index (χ4n) is 2.56. The molecular weight excluding hydrogens is 282 g/mol. The zero-order chi connectivity index (χ0) is 15.7. The molecule has 2 heterocycles. The lowest BCUT2D eigenvalue weighted by Gasteiger charge is -2.11. The molecule has 2 aromatic heterocycles. The molecule has 0 amide bonds. The van der Waals surface area contributed by atoms with Crippen LogP contribution < -0.4 is 10.3 Å². The van der Waals surface area contributed by atoms with Crippen LogP contribution in [0.4, 0.5) is 0 Å². The van der Waals surface area contributed by atoms with E-state index in [1.54, 1.807) is 38.4 Å². The monoisotopic (exact) mass is 297 g/mol. The summed E-state index contributed by atoms with van der Waals surface area (Å²) in [5.74, 6) is -0.0401. The number of rotatable bonds is 3. The van der Waals surface area contributed by atoms with Crippen molar-refractivity contribution in [3.63, 3.8) is 0 Å². The number of pyridine rings is 2. The molecule has 3 aromatic rings. The van der Waals surface area contributed by atoms with Crippen molar-refractivity contribution >= 4 is 22.3 Å². The van der Waals surface area contributed by atoms with Gasteiger partial charge in [0, 0.05) is 17.0 Å². The van der Waals surface area contributed by atoms with Crippen LogP contribution >= 0.6 is 0 Å². The molecule has 0 unspecified atom stereocenters. The van der Waals surface area contributed by atoms with Gasteiger partial charge >= 0.3 is 5.97 Å². The lowest BCUT2D eigenvalue weighted by molar-refractivity contribution is 0.0526. The Balaban J connectivity index is 2.50. The van der Waals surface area contributed by atoms with Crippen molar-refractivity contribution in [2.24, 2.45) is 0 Å². The molecule has 0 aliphatic carbocycles. The smallest absolute Gasteiger partial charge is 0.344 e. The van der Waals surface area contributed by atoms with Gasteiger partial charge in [0.1, 0.15) is 11.3 Å². The van der Waals surface area contributed by atoms with Gasteiger partial charge in [-0.2, -0.15) is 0 Å². The molecule has 0 atom stereocenters. The van der Waals surface area contributed by atoms with Crippen LogP contribution in [-0.2, 0) is 4.74 Å². The SMILES string of the molecule is CCOC(=O)c1c(=O)n2ccccc2c2ccc(OC)cc12. The largest absolute Gasteiger partial charge is 0.497 e. The second-order valence-electron chi connectivity index (χ2n) is 4.77.